The summed E-state index contributed by atoms with van der Waals surface area (Å²) in [5.74, 6) is 0.324. The predicted octanol–water partition coefficient (Wildman–Crippen LogP) is 1.81. The van der Waals surface area contributed by atoms with Crippen molar-refractivity contribution in [3.63, 3.8) is 0 Å². The molecular weight excluding hydrogens is 280 g/mol. The molecule has 6 nitrogen and oxygen atoms in total. The molecule has 0 saturated carbocycles. The highest BCUT2D eigenvalue weighted by molar-refractivity contribution is 5.48. The highest BCUT2D eigenvalue weighted by Crippen LogP contribution is 2.19. The van der Waals surface area contributed by atoms with Crippen LogP contribution in [0.5, 0.6) is 0 Å². The number of para-hydroxylation sites is 1. The molecule has 118 valence electrons. The van der Waals surface area contributed by atoms with Crippen molar-refractivity contribution in [2.75, 3.05) is 25.6 Å². The van der Waals surface area contributed by atoms with Crippen molar-refractivity contribution in [1.29, 1.82) is 0 Å². The largest absolute Gasteiger partial charge is 0.383 e. The lowest BCUT2D eigenvalue weighted by Crippen LogP contribution is -2.26. The Balaban J connectivity index is 2.40. The third-order valence-electron chi connectivity index (χ3n) is 3.50. The van der Waals surface area contributed by atoms with E-state index in [1.54, 1.807) is 7.11 Å². The van der Waals surface area contributed by atoms with Gasteiger partial charge in [0.2, 0.25) is 5.95 Å². The Hall–Kier alpha value is -2.21. The average Bonchev–Trinajstić information content (AvgIpc) is 2.54. The van der Waals surface area contributed by atoms with Crippen LogP contribution in [-0.2, 0) is 17.6 Å². The molecule has 0 saturated heterocycles. The van der Waals surface area contributed by atoms with Crippen molar-refractivity contribution in [3.05, 3.63) is 46.1 Å². The van der Waals surface area contributed by atoms with Crippen LogP contribution < -0.4 is 11.0 Å². The van der Waals surface area contributed by atoms with Crippen LogP contribution in [0.3, 0.4) is 0 Å². The van der Waals surface area contributed by atoms with Crippen molar-refractivity contribution in [1.82, 2.24) is 14.5 Å². The smallest absolute Gasteiger partial charge is 0.356 e. The second-order valence-corrected chi connectivity index (χ2v) is 4.88. The molecule has 6 heteroatoms. The van der Waals surface area contributed by atoms with Gasteiger partial charge in [0.05, 0.1) is 12.3 Å². The Kier molecular flexibility index (Phi) is 5.66. The molecule has 0 aliphatic carbocycles. The van der Waals surface area contributed by atoms with E-state index in [0.29, 0.717) is 19.1 Å². The van der Waals surface area contributed by atoms with Crippen LogP contribution in [0.1, 0.15) is 25.0 Å². The molecule has 2 aromatic rings. The maximum absolute atomic E-state index is 12.4. The lowest BCUT2D eigenvalue weighted by atomic mass is 10.0. The molecule has 0 amide bonds. The Labute approximate surface area is 130 Å². The minimum absolute atomic E-state index is 0.324. The van der Waals surface area contributed by atoms with Crippen LogP contribution in [0.25, 0.3) is 5.69 Å². The van der Waals surface area contributed by atoms with Gasteiger partial charge < -0.3 is 10.1 Å². The summed E-state index contributed by atoms with van der Waals surface area (Å²) in [5.41, 5.74) is 2.81. The zero-order valence-electron chi connectivity index (χ0n) is 13.3. The number of aryl methyl sites for hydroxylation is 2. The summed E-state index contributed by atoms with van der Waals surface area (Å²) in [6.45, 7) is 5.24. The molecule has 1 aromatic carbocycles. The van der Waals surface area contributed by atoms with Gasteiger partial charge in [0, 0.05) is 13.7 Å². The van der Waals surface area contributed by atoms with Gasteiger partial charge in [-0.3, -0.25) is 4.57 Å². The van der Waals surface area contributed by atoms with Gasteiger partial charge in [-0.1, -0.05) is 32.0 Å². The first-order valence-electron chi connectivity index (χ1n) is 7.50. The Morgan fingerprint density at radius 3 is 2.45 bits per heavy atom. The van der Waals surface area contributed by atoms with Crippen LogP contribution in [-0.4, -0.2) is 34.8 Å². The summed E-state index contributed by atoms with van der Waals surface area (Å²) in [6, 6.07) is 6.09. The van der Waals surface area contributed by atoms with Crippen LogP contribution in [0.4, 0.5) is 5.95 Å². The predicted molar refractivity (Wildman–Crippen MR) is 86.8 cm³/mol. The van der Waals surface area contributed by atoms with Gasteiger partial charge >= 0.3 is 5.69 Å². The number of rotatable bonds is 7. The molecule has 1 aromatic heterocycles. The van der Waals surface area contributed by atoms with E-state index >= 15 is 0 Å². The van der Waals surface area contributed by atoms with Crippen molar-refractivity contribution >= 4 is 5.95 Å². The zero-order valence-corrected chi connectivity index (χ0v) is 13.3. The maximum Gasteiger partial charge on any atom is 0.356 e. The molecule has 0 unspecified atom stereocenters. The number of hydrogen-bond donors (Lipinski definition) is 1. The van der Waals surface area contributed by atoms with E-state index in [-0.39, 0.29) is 5.69 Å². The fourth-order valence-electron chi connectivity index (χ4n) is 2.36. The first-order chi connectivity index (χ1) is 10.7. The lowest BCUT2D eigenvalue weighted by Gasteiger charge is -2.14. The van der Waals surface area contributed by atoms with E-state index in [4.69, 9.17) is 4.74 Å². The summed E-state index contributed by atoms with van der Waals surface area (Å²) in [6.07, 6.45) is 3.24. The van der Waals surface area contributed by atoms with Crippen LogP contribution >= 0.6 is 0 Å². The molecule has 22 heavy (non-hydrogen) atoms. The second kappa shape index (κ2) is 7.70. The molecule has 0 radical (unpaired) electrons. The number of methoxy groups -OCH3 is 1. The average molecular weight is 302 g/mol. The number of nitrogens with zero attached hydrogens (tertiary/aromatic N) is 3. The highest BCUT2D eigenvalue weighted by atomic mass is 16.5. The summed E-state index contributed by atoms with van der Waals surface area (Å²) >= 11 is 0. The van der Waals surface area contributed by atoms with Gasteiger partial charge in [-0.05, 0) is 24.0 Å². The standard InChI is InChI=1S/C16H22N4O2/c1-4-12-7-6-8-13(5-2)14(12)20-11-18-15(19-16(20)21)17-9-10-22-3/h6-8,11H,4-5,9-10H2,1-3H3,(H,17,19,21). The van der Waals surface area contributed by atoms with Gasteiger partial charge in [0.1, 0.15) is 6.33 Å². The van der Waals surface area contributed by atoms with Gasteiger partial charge in [-0.2, -0.15) is 4.98 Å². The fraction of sp³-hybridized carbons (Fsp3) is 0.438. The van der Waals surface area contributed by atoms with E-state index in [1.165, 1.54) is 10.9 Å². The summed E-state index contributed by atoms with van der Waals surface area (Å²) in [5, 5.41) is 2.96. The zero-order chi connectivity index (χ0) is 15.9. The molecule has 1 heterocycles. The van der Waals surface area contributed by atoms with Gasteiger partial charge in [0.25, 0.3) is 0 Å². The number of hydrogen-bond acceptors (Lipinski definition) is 5. The SMILES string of the molecule is CCc1cccc(CC)c1-n1cnc(NCCOC)nc1=O. The molecule has 0 fully saturated rings. The molecule has 1 N–H and O–H groups in total. The minimum atomic E-state index is -0.328. The number of anilines is 1. The van der Waals surface area contributed by atoms with Crippen molar-refractivity contribution in [2.24, 2.45) is 0 Å². The first-order valence-corrected chi connectivity index (χ1v) is 7.50. The number of ether oxygens (including phenoxy) is 1. The minimum Gasteiger partial charge on any atom is -0.383 e. The number of benzene rings is 1. The molecule has 0 bridgehead atoms. The molecule has 0 spiro atoms. The van der Waals surface area contributed by atoms with Crippen LogP contribution in [0.2, 0.25) is 0 Å². The van der Waals surface area contributed by atoms with Crippen LogP contribution in [0.15, 0.2) is 29.3 Å². The molecule has 2 rings (SSSR count). The molecule has 0 aliphatic rings. The molecule has 0 aliphatic heterocycles. The topological polar surface area (TPSA) is 69.0 Å². The van der Waals surface area contributed by atoms with E-state index < -0.39 is 0 Å². The maximum atomic E-state index is 12.4. The fourth-order valence-corrected chi connectivity index (χ4v) is 2.36. The van der Waals surface area contributed by atoms with E-state index in [1.807, 2.05) is 18.2 Å². The Bertz CT molecular complexity index is 660. The van der Waals surface area contributed by atoms with E-state index in [9.17, 15) is 4.79 Å². The lowest BCUT2D eigenvalue weighted by molar-refractivity contribution is 0.210. The first kappa shape index (κ1) is 16.2. The van der Waals surface area contributed by atoms with Gasteiger partial charge in [0.15, 0.2) is 0 Å². The number of nitrogens with one attached hydrogen (secondary N) is 1. The highest BCUT2D eigenvalue weighted by Gasteiger charge is 2.11. The third kappa shape index (κ3) is 3.51. The quantitative estimate of drug-likeness (QED) is 0.790. The van der Waals surface area contributed by atoms with Crippen molar-refractivity contribution in [2.45, 2.75) is 26.7 Å². The monoisotopic (exact) mass is 302 g/mol. The number of aromatic nitrogens is 3. The molecule has 0 atom stereocenters. The van der Waals surface area contributed by atoms with Crippen LogP contribution in [0, 0.1) is 0 Å². The molecular formula is C16H22N4O2. The third-order valence-corrected chi connectivity index (χ3v) is 3.50. The van der Waals surface area contributed by atoms with E-state index in [2.05, 4.69) is 29.1 Å². The summed E-state index contributed by atoms with van der Waals surface area (Å²) in [7, 11) is 1.62. The van der Waals surface area contributed by atoms with E-state index in [0.717, 1.165) is 29.7 Å². The Morgan fingerprint density at radius 1 is 1.23 bits per heavy atom. The van der Waals surface area contributed by atoms with Gasteiger partial charge in [-0.15, -0.1) is 0 Å². The van der Waals surface area contributed by atoms with Crippen molar-refractivity contribution < 1.29 is 4.74 Å². The normalized spacial score (nSPS) is 10.7. The van der Waals surface area contributed by atoms with Gasteiger partial charge in [-0.25, -0.2) is 9.78 Å². The summed E-state index contributed by atoms with van der Waals surface area (Å²) < 4.78 is 6.47. The second-order valence-electron chi connectivity index (χ2n) is 4.88. The Morgan fingerprint density at radius 2 is 1.91 bits per heavy atom. The summed E-state index contributed by atoms with van der Waals surface area (Å²) in [4.78, 5) is 20.6. The van der Waals surface area contributed by atoms with Crippen molar-refractivity contribution in [3.8, 4) is 5.69 Å².